The van der Waals surface area contributed by atoms with Crippen molar-refractivity contribution in [3.63, 3.8) is 0 Å². The number of sulfone groups is 1. The lowest BCUT2D eigenvalue weighted by Crippen LogP contribution is -2.41. The number of hydrogen-bond acceptors (Lipinski definition) is 4. The molecule has 140 valence electrons. The second-order valence-electron chi connectivity index (χ2n) is 7.21. The molecule has 0 aliphatic carbocycles. The average molecular weight is 375 g/mol. The second-order valence-corrected chi connectivity index (χ2v) is 9.19. The van der Waals surface area contributed by atoms with E-state index in [0.29, 0.717) is 18.7 Å². The van der Waals surface area contributed by atoms with E-state index in [1.165, 1.54) is 12.1 Å². The van der Waals surface area contributed by atoms with Crippen LogP contribution in [-0.4, -0.2) is 33.0 Å². The van der Waals surface area contributed by atoms with Gasteiger partial charge >= 0.3 is 0 Å². The number of carbonyl (C=O) groups is 1. The lowest BCUT2D eigenvalue weighted by molar-refractivity contribution is 0.0953. The number of rotatable bonds is 7. The summed E-state index contributed by atoms with van der Waals surface area (Å²) in [5.74, 6) is -0.369. The van der Waals surface area contributed by atoms with Crippen LogP contribution in [0.1, 0.15) is 36.7 Å². The van der Waals surface area contributed by atoms with Crippen molar-refractivity contribution in [1.29, 1.82) is 0 Å². The van der Waals surface area contributed by atoms with Gasteiger partial charge in [-0.25, -0.2) is 8.42 Å². The Balaban J connectivity index is 2.03. The quantitative estimate of drug-likeness (QED) is 0.731. The largest absolute Gasteiger partial charge is 0.351 e. The summed E-state index contributed by atoms with van der Waals surface area (Å²) in [6.45, 7) is 7.26. The fourth-order valence-corrected chi connectivity index (χ4v) is 3.81. The summed E-state index contributed by atoms with van der Waals surface area (Å²) in [5.41, 5.74) is 1.04. The first-order valence-corrected chi connectivity index (χ1v) is 10.2. The fourth-order valence-electron chi connectivity index (χ4n) is 2.42. The Morgan fingerprint density at radius 3 is 2.31 bits per heavy atom. The van der Waals surface area contributed by atoms with Gasteiger partial charge in [0.25, 0.3) is 5.91 Å². The summed E-state index contributed by atoms with van der Waals surface area (Å²) in [6.07, 6.45) is 0. The van der Waals surface area contributed by atoms with E-state index in [1.807, 2.05) is 6.07 Å². The molecule has 2 rings (SSSR count). The number of benzene rings is 2. The van der Waals surface area contributed by atoms with Crippen molar-refractivity contribution >= 4 is 15.7 Å². The third-order valence-corrected chi connectivity index (χ3v) is 5.41. The lowest BCUT2D eigenvalue weighted by atomic mass is 10.1. The first-order valence-electron chi connectivity index (χ1n) is 8.57. The van der Waals surface area contributed by atoms with Crippen LogP contribution in [0.15, 0.2) is 59.5 Å². The number of nitrogens with one attached hydrogen (secondary N) is 2. The molecule has 0 aliphatic heterocycles. The predicted octanol–water partition coefficient (Wildman–Crippen LogP) is 2.78. The van der Waals surface area contributed by atoms with Crippen molar-refractivity contribution in [3.8, 4) is 0 Å². The third-order valence-electron chi connectivity index (χ3n) is 3.72. The van der Waals surface area contributed by atoms with Gasteiger partial charge in [0.05, 0.1) is 10.6 Å². The smallest absolute Gasteiger partial charge is 0.251 e. The molecule has 5 nitrogen and oxygen atoms in total. The molecule has 0 heterocycles. The van der Waals surface area contributed by atoms with Gasteiger partial charge in [0.1, 0.15) is 0 Å². The number of carbonyl (C=O) groups excluding carboxylic acids is 1. The zero-order valence-corrected chi connectivity index (χ0v) is 16.3. The van der Waals surface area contributed by atoms with Gasteiger partial charge in [-0.05, 0) is 44.5 Å². The van der Waals surface area contributed by atoms with Crippen molar-refractivity contribution in [1.82, 2.24) is 10.6 Å². The highest BCUT2D eigenvalue weighted by atomic mass is 32.2. The maximum atomic E-state index is 12.6. The zero-order chi connectivity index (χ0) is 19.2. The van der Waals surface area contributed by atoms with E-state index < -0.39 is 9.84 Å². The predicted molar refractivity (Wildman–Crippen MR) is 104 cm³/mol. The molecular weight excluding hydrogens is 348 g/mol. The van der Waals surface area contributed by atoms with Crippen LogP contribution in [0.2, 0.25) is 0 Å². The molecule has 0 bridgehead atoms. The molecule has 0 saturated heterocycles. The minimum absolute atomic E-state index is 0.0177. The Labute approximate surface area is 155 Å². The standard InChI is InChI=1S/C20H26N2O3S/c1-20(2,3)22-13-12-21-19(23)17-10-7-11-18(14-17)26(24,25)15-16-8-5-4-6-9-16/h4-11,14,22H,12-13,15H2,1-3H3,(H,21,23). The first-order chi connectivity index (χ1) is 12.2. The molecule has 0 radical (unpaired) electrons. The van der Waals surface area contributed by atoms with E-state index in [1.54, 1.807) is 36.4 Å². The maximum absolute atomic E-state index is 12.6. The molecule has 0 spiro atoms. The number of amides is 1. The van der Waals surface area contributed by atoms with E-state index in [4.69, 9.17) is 0 Å². The topological polar surface area (TPSA) is 75.3 Å². The van der Waals surface area contributed by atoms with Gasteiger partial charge in [0, 0.05) is 24.2 Å². The van der Waals surface area contributed by atoms with Gasteiger partial charge in [0.2, 0.25) is 0 Å². The van der Waals surface area contributed by atoms with Gasteiger partial charge in [0.15, 0.2) is 9.84 Å². The summed E-state index contributed by atoms with van der Waals surface area (Å²) < 4.78 is 25.2. The highest BCUT2D eigenvalue weighted by Gasteiger charge is 2.17. The van der Waals surface area contributed by atoms with E-state index in [2.05, 4.69) is 31.4 Å². The van der Waals surface area contributed by atoms with Crippen molar-refractivity contribution in [3.05, 3.63) is 65.7 Å². The van der Waals surface area contributed by atoms with Crippen LogP contribution in [0.4, 0.5) is 0 Å². The van der Waals surface area contributed by atoms with Crippen LogP contribution in [0, 0.1) is 0 Å². The highest BCUT2D eigenvalue weighted by Crippen LogP contribution is 2.17. The van der Waals surface area contributed by atoms with E-state index >= 15 is 0 Å². The molecule has 0 unspecified atom stereocenters. The molecule has 1 amide bonds. The molecule has 2 aromatic carbocycles. The SMILES string of the molecule is CC(C)(C)NCCNC(=O)c1cccc(S(=O)(=O)Cc2ccccc2)c1. The van der Waals surface area contributed by atoms with Crippen molar-refractivity contribution < 1.29 is 13.2 Å². The maximum Gasteiger partial charge on any atom is 0.251 e. The highest BCUT2D eigenvalue weighted by molar-refractivity contribution is 7.90. The fraction of sp³-hybridized carbons (Fsp3) is 0.350. The van der Waals surface area contributed by atoms with Crippen molar-refractivity contribution in [2.45, 2.75) is 37.0 Å². The van der Waals surface area contributed by atoms with Crippen LogP contribution in [0.5, 0.6) is 0 Å². The minimum atomic E-state index is -3.51. The average Bonchev–Trinajstić information content (AvgIpc) is 2.58. The lowest BCUT2D eigenvalue weighted by Gasteiger charge is -2.20. The van der Waals surface area contributed by atoms with Gasteiger partial charge in [-0.3, -0.25) is 4.79 Å². The van der Waals surface area contributed by atoms with E-state index in [0.717, 1.165) is 5.56 Å². The zero-order valence-electron chi connectivity index (χ0n) is 15.5. The number of hydrogen-bond donors (Lipinski definition) is 2. The molecule has 0 aromatic heterocycles. The van der Waals surface area contributed by atoms with Crippen molar-refractivity contribution in [2.24, 2.45) is 0 Å². The molecule has 2 aromatic rings. The van der Waals surface area contributed by atoms with Gasteiger partial charge in [-0.2, -0.15) is 0 Å². The Kier molecular flexibility index (Phi) is 6.56. The molecule has 26 heavy (non-hydrogen) atoms. The van der Waals surface area contributed by atoms with E-state index in [9.17, 15) is 13.2 Å². The molecule has 0 aliphatic rings. The van der Waals surface area contributed by atoms with Gasteiger partial charge in [-0.15, -0.1) is 0 Å². The first kappa shape index (κ1) is 20.1. The second kappa shape index (κ2) is 8.47. The summed E-state index contributed by atoms with van der Waals surface area (Å²) >= 11 is 0. The summed E-state index contributed by atoms with van der Waals surface area (Å²) in [5, 5.41) is 6.08. The molecule has 0 fully saturated rings. The van der Waals surface area contributed by atoms with E-state index in [-0.39, 0.29) is 22.1 Å². The van der Waals surface area contributed by atoms with Crippen LogP contribution in [0.3, 0.4) is 0 Å². The normalized spacial score (nSPS) is 12.0. The Hall–Kier alpha value is -2.18. The molecular formula is C20H26N2O3S. The Bertz CT molecular complexity index is 841. The van der Waals surface area contributed by atoms with Crippen molar-refractivity contribution in [2.75, 3.05) is 13.1 Å². The molecule has 0 atom stereocenters. The van der Waals surface area contributed by atoms with Crippen LogP contribution < -0.4 is 10.6 Å². The monoisotopic (exact) mass is 374 g/mol. The third kappa shape index (κ3) is 6.28. The van der Waals surface area contributed by atoms with Crippen LogP contribution in [-0.2, 0) is 15.6 Å². The Morgan fingerprint density at radius 1 is 0.962 bits per heavy atom. The van der Waals surface area contributed by atoms with Crippen LogP contribution >= 0.6 is 0 Å². The molecule has 2 N–H and O–H groups in total. The molecule has 6 heteroatoms. The summed E-state index contributed by atoms with van der Waals surface area (Å²) in [4.78, 5) is 12.4. The summed E-state index contributed by atoms with van der Waals surface area (Å²) in [6, 6.07) is 15.2. The summed E-state index contributed by atoms with van der Waals surface area (Å²) in [7, 11) is -3.51. The van der Waals surface area contributed by atoms with Gasteiger partial charge in [-0.1, -0.05) is 36.4 Å². The Morgan fingerprint density at radius 2 is 1.65 bits per heavy atom. The van der Waals surface area contributed by atoms with Gasteiger partial charge < -0.3 is 10.6 Å². The van der Waals surface area contributed by atoms with Crippen LogP contribution in [0.25, 0.3) is 0 Å². The molecule has 0 saturated carbocycles. The minimum Gasteiger partial charge on any atom is -0.351 e.